The molecule has 0 amide bonds. The predicted octanol–water partition coefficient (Wildman–Crippen LogP) is 5.23. The molecule has 3 aromatic carbocycles. The van der Waals surface area contributed by atoms with Crippen LogP contribution >= 0.6 is 0 Å². The highest BCUT2D eigenvalue weighted by molar-refractivity contribution is 7.90. The number of aryl methyl sites for hydroxylation is 1. The van der Waals surface area contributed by atoms with Gasteiger partial charge in [-0.2, -0.15) is 0 Å². The van der Waals surface area contributed by atoms with Gasteiger partial charge in [-0.1, -0.05) is 60.2 Å². The molecule has 4 aromatic rings. The molecule has 1 heterocycles. The molecule has 0 aliphatic carbocycles. The summed E-state index contributed by atoms with van der Waals surface area (Å²) in [5.41, 5.74) is 5.24. The van der Waals surface area contributed by atoms with E-state index in [4.69, 9.17) is 0 Å². The average molecular weight is 404 g/mol. The SMILES string of the molecule is Cc1ccc(-n2cc(-c3ccc(S(C)(=O)=O)cc3)c(-c3ccccc3)c2O)cc1. The minimum atomic E-state index is -3.27. The standard InChI is InChI=1S/C24H21NO3S/c1-17-8-12-20(13-9-17)25-16-22(18-10-14-21(15-11-18)29(2,27)28)23(24(25)26)19-6-4-3-5-7-19/h3-16,26H,1-2H3. The molecule has 29 heavy (non-hydrogen) atoms. The summed E-state index contributed by atoms with van der Waals surface area (Å²) < 4.78 is 25.3. The lowest BCUT2D eigenvalue weighted by molar-refractivity contribution is 0.445. The first-order chi connectivity index (χ1) is 13.8. The maximum Gasteiger partial charge on any atom is 0.204 e. The second-order valence-electron chi connectivity index (χ2n) is 7.11. The summed E-state index contributed by atoms with van der Waals surface area (Å²) in [6.07, 6.45) is 3.08. The van der Waals surface area contributed by atoms with Gasteiger partial charge in [0.2, 0.25) is 5.88 Å². The quantitative estimate of drug-likeness (QED) is 0.508. The summed E-state index contributed by atoms with van der Waals surface area (Å²) in [4.78, 5) is 0.268. The molecule has 1 N–H and O–H groups in total. The van der Waals surface area contributed by atoms with E-state index < -0.39 is 9.84 Å². The van der Waals surface area contributed by atoms with Gasteiger partial charge >= 0.3 is 0 Å². The lowest BCUT2D eigenvalue weighted by Crippen LogP contribution is -1.96. The Kier molecular flexibility index (Phi) is 4.76. The van der Waals surface area contributed by atoms with E-state index in [1.807, 2.05) is 67.7 Å². The topological polar surface area (TPSA) is 59.3 Å². The normalized spacial score (nSPS) is 11.5. The van der Waals surface area contributed by atoms with Crippen LogP contribution in [0.1, 0.15) is 5.56 Å². The maximum absolute atomic E-state index is 11.8. The number of rotatable bonds is 4. The lowest BCUT2D eigenvalue weighted by Gasteiger charge is -2.07. The Hall–Kier alpha value is -3.31. The number of aromatic hydroxyl groups is 1. The van der Waals surface area contributed by atoms with Gasteiger partial charge in [0.15, 0.2) is 9.84 Å². The van der Waals surface area contributed by atoms with Crippen molar-refractivity contribution in [1.82, 2.24) is 4.57 Å². The second kappa shape index (κ2) is 7.26. The molecule has 0 aliphatic heterocycles. The Morgan fingerprint density at radius 3 is 2.00 bits per heavy atom. The second-order valence-corrected chi connectivity index (χ2v) is 9.13. The molecule has 0 bridgehead atoms. The number of aromatic nitrogens is 1. The number of hydrogen-bond acceptors (Lipinski definition) is 3. The van der Waals surface area contributed by atoms with E-state index in [1.165, 1.54) is 6.26 Å². The fourth-order valence-corrected chi connectivity index (χ4v) is 4.02. The van der Waals surface area contributed by atoms with Crippen molar-refractivity contribution in [3.8, 4) is 33.8 Å². The zero-order chi connectivity index (χ0) is 20.6. The molecule has 4 rings (SSSR count). The fraction of sp³-hybridized carbons (Fsp3) is 0.0833. The third kappa shape index (κ3) is 3.69. The number of benzene rings is 3. The highest BCUT2D eigenvalue weighted by Crippen LogP contribution is 2.42. The molecule has 5 heteroatoms. The number of nitrogens with zero attached hydrogens (tertiary/aromatic N) is 1. The predicted molar refractivity (Wildman–Crippen MR) is 116 cm³/mol. The minimum absolute atomic E-state index is 0.141. The third-order valence-corrected chi connectivity index (χ3v) is 6.08. The highest BCUT2D eigenvalue weighted by Gasteiger charge is 2.19. The largest absolute Gasteiger partial charge is 0.494 e. The van der Waals surface area contributed by atoms with Crippen molar-refractivity contribution < 1.29 is 13.5 Å². The molecule has 0 saturated heterocycles. The van der Waals surface area contributed by atoms with E-state index in [0.717, 1.165) is 27.9 Å². The summed E-state index contributed by atoms with van der Waals surface area (Å²) in [7, 11) is -3.27. The van der Waals surface area contributed by atoms with Crippen molar-refractivity contribution in [1.29, 1.82) is 0 Å². The summed E-state index contributed by atoms with van der Waals surface area (Å²) in [6.45, 7) is 2.02. The molecule has 1 aromatic heterocycles. The van der Waals surface area contributed by atoms with Crippen LogP contribution in [0.25, 0.3) is 27.9 Å². The van der Waals surface area contributed by atoms with Gasteiger partial charge in [-0.15, -0.1) is 0 Å². The van der Waals surface area contributed by atoms with Crippen LogP contribution in [0.3, 0.4) is 0 Å². The zero-order valence-corrected chi connectivity index (χ0v) is 17.0. The molecular weight excluding hydrogens is 382 g/mol. The van der Waals surface area contributed by atoms with Gasteiger partial charge in [0, 0.05) is 23.7 Å². The zero-order valence-electron chi connectivity index (χ0n) is 16.2. The van der Waals surface area contributed by atoms with Crippen LogP contribution in [0.15, 0.2) is 90.0 Å². The van der Waals surface area contributed by atoms with Crippen molar-refractivity contribution in [2.45, 2.75) is 11.8 Å². The van der Waals surface area contributed by atoms with Gasteiger partial charge in [0.25, 0.3) is 0 Å². The van der Waals surface area contributed by atoms with Gasteiger partial charge in [-0.25, -0.2) is 8.42 Å². The van der Waals surface area contributed by atoms with Crippen LogP contribution in [-0.2, 0) is 9.84 Å². The van der Waals surface area contributed by atoms with Crippen LogP contribution in [0.4, 0.5) is 0 Å². The van der Waals surface area contributed by atoms with Gasteiger partial charge in [0.1, 0.15) is 0 Å². The van der Waals surface area contributed by atoms with Crippen molar-refractivity contribution >= 4 is 9.84 Å². The van der Waals surface area contributed by atoms with E-state index in [1.54, 1.807) is 28.8 Å². The number of sulfone groups is 1. The smallest absolute Gasteiger partial charge is 0.204 e. The Balaban J connectivity index is 1.93. The first kappa shape index (κ1) is 19.0. The first-order valence-electron chi connectivity index (χ1n) is 9.22. The van der Waals surface area contributed by atoms with Crippen LogP contribution in [0.2, 0.25) is 0 Å². The summed E-state index contributed by atoms with van der Waals surface area (Å²) in [5.74, 6) is 0.141. The van der Waals surface area contributed by atoms with Crippen molar-refractivity contribution in [2.75, 3.05) is 6.26 Å². The van der Waals surface area contributed by atoms with E-state index in [0.29, 0.717) is 5.56 Å². The Morgan fingerprint density at radius 2 is 1.41 bits per heavy atom. The van der Waals surface area contributed by atoms with Gasteiger partial charge in [-0.05, 0) is 42.3 Å². The van der Waals surface area contributed by atoms with Crippen LogP contribution < -0.4 is 0 Å². The van der Waals surface area contributed by atoms with E-state index in [9.17, 15) is 13.5 Å². The molecule has 0 saturated carbocycles. The first-order valence-corrected chi connectivity index (χ1v) is 11.1. The van der Waals surface area contributed by atoms with Crippen LogP contribution in [0, 0.1) is 6.92 Å². The maximum atomic E-state index is 11.8. The minimum Gasteiger partial charge on any atom is -0.494 e. The van der Waals surface area contributed by atoms with Gasteiger partial charge in [-0.3, -0.25) is 4.57 Å². The van der Waals surface area contributed by atoms with Crippen LogP contribution in [-0.4, -0.2) is 24.3 Å². The average Bonchev–Trinajstić information content (AvgIpc) is 3.06. The molecule has 0 fully saturated rings. The van der Waals surface area contributed by atoms with Crippen molar-refractivity contribution in [3.63, 3.8) is 0 Å². The molecule has 0 spiro atoms. The monoisotopic (exact) mass is 403 g/mol. The molecule has 4 nitrogen and oxygen atoms in total. The van der Waals surface area contributed by atoms with E-state index in [2.05, 4.69) is 0 Å². The fourth-order valence-electron chi connectivity index (χ4n) is 3.39. The van der Waals surface area contributed by atoms with Crippen molar-refractivity contribution in [3.05, 3.63) is 90.6 Å². The van der Waals surface area contributed by atoms with E-state index in [-0.39, 0.29) is 10.8 Å². The molecule has 0 radical (unpaired) electrons. The highest BCUT2D eigenvalue weighted by atomic mass is 32.2. The third-order valence-electron chi connectivity index (χ3n) is 4.95. The van der Waals surface area contributed by atoms with E-state index >= 15 is 0 Å². The number of hydrogen-bond donors (Lipinski definition) is 1. The molecule has 146 valence electrons. The van der Waals surface area contributed by atoms with Crippen molar-refractivity contribution in [2.24, 2.45) is 0 Å². The molecule has 0 unspecified atom stereocenters. The molecule has 0 atom stereocenters. The lowest BCUT2D eigenvalue weighted by atomic mass is 9.99. The van der Waals surface area contributed by atoms with Gasteiger partial charge < -0.3 is 5.11 Å². The summed E-state index contributed by atoms with van der Waals surface area (Å²) >= 11 is 0. The Bertz CT molecular complexity index is 1250. The van der Waals surface area contributed by atoms with Crippen LogP contribution in [0.5, 0.6) is 5.88 Å². The molecule has 0 aliphatic rings. The Labute approximate surface area is 170 Å². The Morgan fingerprint density at radius 1 is 0.793 bits per heavy atom. The molecular formula is C24H21NO3S. The summed E-state index contributed by atoms with van der Waals surface area (Å²) in [5, 5.41) is 11.1. The van der Waals surface area contributed by atoms with Gasteiger partial charge in [0.05, 0.1) is 10.5 Å². The summed E-state index contributed by atoms with van der Waals surface area (Å²) in [6, 6.07) is 24.3.